The minimum atomic E-state index is -0.831. The SMILES string of the molecule is OC1CC2(OCCO2)c2ccc(F)cc21. The lowest BCUT2D eigenvalue weighted by molar-refractivity contribution is -0.174. The Bertz CT molecular complexity index is 399. The van der Waals surface area contributed by atoms with Crippen LogP contribution in [0.5, 0.6) is 0 Å². The standard InChI is InChI=1S/C11H11FO3/c12-7-1-2-9-8(5-7)10(13)6-11(9)14-3-4-15-11/h1-2,5,10,13H,3-4,6H2. The van der Waals surface area contributed by atoms with Crippen molar-refractivity contribution in [2.24, 2.45) is 0 Å². The fraction of sp³-hybridized carbons (Fsp3) is 0.455. The number of rotatable bonds is 0. The normalized spacial score (nSPS) is 27.2. The van der Waals surface area contributed by atoms with E-state index in [1.165, 1.54) is 12.1 Å². The van der Waals surface area contributed by atoms with Crippen LogP contribution in [0.15, 0.2) is 18.2 Å². The summed E-state index contributed by atoms with van der Waals surface area (Å²) >= 11 is 0. The Hall–Kier alpha value is -0.970. The highest BCUT2D eigenvalue weighted by Gasteiger charge is 2.48. The number of benzene rings is 1. The Morgan fingerprint density at radius 1 is 1.33 bits per heavy atom. The van der Waals surface area contributed by atoms with Crippen LogP contribution in [0.1, 0.15) is 23.7 Å². The van der Waals surface area contributed by atoms with Crippen LogP contribution in [-0.4, -0.2) is 18.3 Å². The minimum Gasteiger partial charge on any atom is -0.388 e. The van der Waals surface area contributed by atoms with E-state index in [4.69, 9.17) is 9.47 Å². The van der Waals surface area contributed by atoms with E-state index in [0.717, 1.165) is 5.56 Å². The van der Waals surface area contributed by atoms with Gasteiger partial charge in [-0.25, -0.2) is 4.39 Å². The maximum Gasteiger partial charge on any atom is 0.198 e. The van der Waals surface area contributed by atoms with Crippen LogP contribution in [0, 0.1) is 5.82 Å². The molecule has 1 atom stereocenters. The van der Waals surface area contributed by atoms with E-state index in [2.05, 4.69) is 0 Å². The molecule has 0 saturated carbocycles. The average molecular weight is 210 g/mol. The van der Waals surface area contributed by atoms with E-state index in [1.807, 2.05) is 0 Å². The molecule has 1 aromatic rings. The highest BCUT2D eigenvalue weighted by Crippen LogP contribution is 2.48. The molecule has 80 valence electrons. The second-order valence-electron chi connectivity index (χ2n) is 3.90. The molecule has 0 amide bonds. The van der Waals surface area contributed by atoms with Crippen molar-refractivity contribution in [3.05, 3.63) is 35.1 Å². The van der Waals surface area contributed by atoms with Crippen molar-refractivity contribution in [3.8, 4) is 0 Å². The highest BCUT2D eigenvalue weighted by molar-refractivity contribution is 5.38. The van der Waals surface area contributed by atoms with Crippen LogP contribution in [0.25, 0.3) is 0 Å². The van der Waals surface area contributed by atoms with Gasteiger partial charge in [0, 0.05) is 12.0 Å². The number of ether oxygens (including phenoxy) is 2. The van der Waals surface area contributed by atoms with E-state index in [1.54, 1.807) is 6.07 Å². The monoisotopic (exact) mass is 210 g/mol. The Morgan fingerprint density at radius 3 is 2.80 bits per heavy atom. The molecule has 1 aliphatic carbocycles. The molecule has 0 bridgehead atoms. The van der Waals surface area contributed by atoms with Gasteiger partial charge in [-0.2, -0.15) is 0 Å². The summed E-state index contributed by atoms with van der Waals surface area (Å²) in [5.41, 5.74) is 1.34. The fourth-order valence-electron chi connectivity index (χ4n) is 2.36. The lowest BCUT2D eigenvalue weighted by Gasteiger charge is -2.22. The van der Waals surface area contributed by atoms with Gasteiger partial charge in [0.1, 0.15) is 5.82 Å². The van der Waals surface area contributed by atoms with Gasteiger partial charge in [-0.05, 0) is 17.7 Å². The Balaban J connectivity index is 2.13. The van der Waals surface area contributed by atoms with Gasteiger partial charge in [0.05, 0.1) is 19.3 Å². The van der Waals surface area contributed by atoms with Crippen molar-refractivity contribution in [1.82, 2.24) is 0 Å². The Kier molecular flexibility index (Phi) is 1.86. The van der Waals surface area contributed by atoms with Gasteiger partial charge in [0.25, 0.3) is 0 Å². The van der Waals surface area contributed by atoms with Gasteiger partial charge in [-0.15, -0.1) is 0 Å². The van der Waals surface area contributed by atoms with Crippen LogP contribution in [0.2, 0.25) is 0 Å². The molecular formula is C11H11FO3. The molecule has 1 spiro atoms. The van der Waals surface area contributed by atoms with Crippen LogP contribution >= 0.6 is 0 Å². The maximum absolute atomic E-state index is 13.0. The third-order valence-electron chi connectivity index (χ3n) is 3.00. The van der Waals surface area contributed by atoms with Gasteiger partial charge in [-0.1, -0.05) is 6.07 Å². The second-order valence-corrected chi connectivity index (χ2v) is 3.90. The van der Waals surface area contributed by atoms with E-state index >= 15 is 0 Å². The first-order valence-corrected chi connectivity index (χ1v) is 4.97. The molecule has 1 N–H and O–H groups in total. The van der Waals surface area contributed by atoms with E-state index in [-0.39, 0.29) is 5.82 Å². The summed E-state index contributed by atoms with van der Waals surface area (Å²) in [6.07, 6.45) is -0.347. The summed E-state index contributed by atoms with van der Waals surface area (Å²) in [4.78, 5) is 0. The fourth-order valence-corrected chi connectivity index (χ4v) is 2.36. The van der Waals surface area contributed by atoms with Crippen molar-refractivity contribution in [1.29, 1.82) is 0 Å². The lowest BCUT2D eigenvalue weighted by Crippen LogP contribution is -2.23. The molecule has 0 aromatic heterocycles. The van der Waals surface area contributed by atoms with Crippen molar-refractivity contribution in [3.63, 3.8) is 0 Å². The summed E-state index contributed by atoms with van der Waals surface area (Å²) in [6.45, 7) is 1.03. The van der Waals surface area contributed by atoms with Crippen LogP contribution in [-0.2, 0) is 15.3 Å². The molecule has 1 heterocycles. The topological polar surface area (TPSA) is 38.7 Å². The molecule has 2 aliphatic rings. The van der Waals surface area contributed by atoms with E-state index in [9.17, 15) is 9.50 Å². The molecule has 3 rings (SSSR count). The molecule has 1 fully saturated rings. The smallest absolute Gasteiger partial charge is 0.198 e. The van der Waals surface area contributed by atoms with E-state index in [0.29, 0.717) is 25.2 Å². The third-order valence-corrected chi connectivity index (χ3v) is 3.00. The zero-order chi connectivity index (χ0) is 10.5. The molecule has 1 aromatic carbocycles. The Morgan fingerprint density at radius 2 is 2.07 bits per heavy atom. The summed E-state index contributed by atoms with van der Waals surface area (Å²) in [6, 6.07) is 4.34. The number of hydrogen-bond donors (Lipinski definition) is 1. The van der Waals surface area contributed by atoms with Gasteiger partial charge < -0.3 is 14.6 Å². The molecule has 1 aliphatic heterocycles. The van der Waals surface area contributed by atoms with Crippen molar-refractivity contribution in [2.75, 3.05) is 13.2 Å². The third kappa shape index (κ3) is 1.22. The molecule has 15 heavy (non-hydrogen) atoms. The first-order valence-electron chi connectivity index (χ1n) is 4.97. The molecular weight excluding hydrogens is 199 g/mol. The zero-order valence-electron chi connectivity index (χ0n) is 8.07. The Labute approximate surface area is 86.4 Å². The van der Waals surface area contributed by atoms with Crippen molar-refractivity contribution < 1.29 is 19.0 Å². The van der Waals surface area contributed by atoms with Crippen molar-refractivity contribution in [2.45, 2.75) is 18.3 Å². The number of fused-ring (bicyclic) bond motifs is 2. The molecule has 0 radical (unpaired) electrons. The summed E-state index contributed by atoms with van der Waals surface area (Å²) < 4.78 is 24.1. The molecule has 4 heteroatoms. The average Bonchev–Trinajstić information content (AvgIpc) is 2.76. The van der Waals surface area contributed by atoms with Gasteiger partial charge in [-0.3, -0.25) is 0 Å². The zero-order valence-corrected chi connectivity index (χ0v) is 8.07. The number of halogens is 1. The number of aliphatic hydroxyl groups is 1. The van der Waals surface area contributed by atoms with Crippen molar-refractivity contribution >= 4 is 0 Å². The van der Waals surface area contributed by atoms with Crippen LogP contribution in [0.3, 0.4) is 0 Å². The first-order chi connectivity index (χ1) is 7.21. The molecule has 3 nitrogen and oxygen atoms in total. The van der Waals surface area contributed by atoms with Gasteiger partial charge in [0.2, 0.25) is 0 Å². The molecule has 1 unspecified atom stereocenters. The largest absolute Gasteiger partial charge is 0.388 e. The summed E-state index contributed by atoms with van der Waals surface area (Å²) in [5, 5.41) is 9.80. The van der Waals surface area contributed by atoms with Crippen LogP contribution < -0.4 is 0 Å². The highest BCUT2D eigenvalue weighted by atomic mass is 19.1. The minimum absolute atomic E-state index is 0.345. The second kappa shape index (κ2) is 3.01. The quantitative estimate of drug-likeness (QED) is 0.704. The first kappa shape index (κ1) is 9.27. The molecule has 1 saturated heterocycles. The predicted octanol–water partition coefficient (Wildman–Crippen LogP) is 1.46. The lowest BCUT2D eigenvalue weighted by atomic mass is 10.1. The summed E-state index contributed by atoms with van der Waals surface area (Å²) in [7, 11) is 0. The van der Waals surface area contributed by atoms with Crippen LogP contribution in [0.4, 0.5) is 4.39 Å². The number of hydrogen-bond acceptors (Lipinski definition) is 3. The number of aliphatic hydroxyl groups excluding tert-OH is 1. The predicted molar refractivity (Wildman–Crippen MR) is 49.6 cm³/mol. The van der Waals surface area contributed by atoms with Gasteiger partial charge >= 0.3 is 0 Å². The summed E-state index contributed by atoms with van der Waals surface area (Å²) in [5.74, 6) is -1.18. The van der Waals surface area contributed by atoms with Gasteiger partial charge in [0.15, 0.2) is 5.79 Å². The maximum atomic E-state index is 13.0. The van der Waals surface area contributed by atoms with E-state index < -0.39 is 11.9 Å².